The average molecular weight is 241 g/mol. The highest BCUT2D eigenvalue weighted by molar-refractivity contribution is 8.02. The molecule has 0 unspecified atom stereocenters. The molecule has 2 N–H and O–H groups in total. The van der Waals surface area contributed by atoms with Gasteiger partial charge in [0.05, 0.1) is 11.6 Å². The topological polar surface area (TPSA) is 52.3 Å². The summed E-state index contributed by atoms with van der Waals surface area (Å²) in [6.07, 6.45) is 7.72. The van der Waals surface area contributed by atoms with Crippen LogP contribution < -0.4 is 5.73 Å². The van der Waals surface area contributed by atoms with Crippen molar-refractivity contribution < 1.29 is 9.53 Å². The zero-order valence-electron chi connectivity index (χ0n) is 9.91. The molecule has 0 heterocycles. The molecule has 0 aliphatic heterocycles. The molecule has 0 aromatic heterocycles. The van der Waals surface area contributed by atoms with Crippen molar-refractivity contribution in [2.45, 2.75) is 32.6 Å². The van der Waals surface area contributed by atoms with Gasteiger partial charge in [0.1, 0.15) is 0 Å². The average Bonchev–Trinajstić information content (AvgIpc) is 2.29. The van der Waals surface area contributed by atoms with Gasteiger partial charge in [-0.1, -0.05) is 0 Å². The maximum Gasteiger partial charge on any atom is 0.331 e. The van der Waals surface area contributed by atoms with E-state index in [9.17, 15) is 4.79 Å². The fourth-order valence-corrected chi connectivity index (χ4v) is 2.30. The summed E-state index contributed by atoms with van der Waals surface area (Å²) in [6, 6.07) is 0. The van der Waals surface area contributed by atoms with Crippen LogP contribution in [0.2, 0.25) is 0 Å². The molecule has 1 saturated carbocycles. The van der Waals surface area contributed by atoms with Crippen molar-refractivity contribution in [1.82, 2.24) is 0 Å². The number of rotatable bonds is 3. The van der Waals surface area contributed by atoms with Gasteiger partial charge in [-0.25, -0.2) is 4.79 Å². The number of thioether (sulfide) groups is 1. The lowest BCUT2D eigenvalue weighted by molar-refractivity contribution is -0.137. The zero-order chi connectivity index (χ0) is 12.0. The summed E-state index contributed by atoms with van der Waals surface area (Å²) < 4.78 is 4.92. The minimum absolute atomic E-state index is 0.259. The summed E-state index contributed by atoms with van der Waals surface area (Å²) >= 11 is 1.54. The highest BCUT2D eigenvalue weighted by Gasteiger charge is 2.16. The molecule has 0 amide bonds. The van der Waals surface area contributed by atoms with Gasteiger partial charge in [0.2, 0.25) is 0 Å². The Labute approximate surface area is 101 Å². The molecular weight excluding hydrogens is 222 g/mol. The number of hydrogen-bond acceptors (Lipinski definition) is 4. The van der Waals surface area contributed by atoms with E-state index in [0.717, 1.165) is 41.9 Å². The van der Waals surface area contributed by atoms with E-state index >= 15 is 0 Å². The molecule has 0 radical (unpaired) electrons. The van der Waals surface area contributed by atoms with Crippen LogP contribution in [0.4, 0.5) is 0 Å². The van der Waals surface area contributed by atoms with Gasteiger partial charge in [-0.15, -0.1) is 11.8 Å². The van der Waals surface area contributed by atoms with Crippen molar-refractivity contribution in [1.29, 1.82) is 0 Å². The molecule has 1 aliphatic rings. The summed E-state index contributed by atoms with van der Waals surface area (Å²) in [4.78, 5) is 11.4. The number of carbonyl (C=O) groups excluding carboxylic acids is 1. The molecule has 90 valence electrons. The van der Waals surface area contributed by atoms with Crippen molar-refractivity contribution in [2.24, 2.45) is 5.73 Å². The molecule has 1 rings (SSSR count). The highest BCUT2D eigenvalue weighted by Crippen LogP contribution is 2.32. The van der Waals surface area contributed by atoms with E-state index in [0.29, 0.717) is 6.61 Å². The van der Waals surface area contributed by atoms with Crippen molar-refractivity contribution in [3.63, 3.8) is 0 Å². The highest BCUT2D eigenvalue weighted by atomic mass is 32.2. The van der Waals surface area contributed by atoms with Crippen LogP contribution in [0.5, 0.6) is 0 Å². The Morgan fingerprint density at radius 1 is 1.50 bits per heavy atom. The lowest BCUT2D eigenvalue weighted by atomic mass is 9.90. The van der Waals surface area contributed by atoms with Crippen LogP contribution >= 0.6 is 11.8 Å². The number of carbonyl (C=O) groups is 1. The lowest BCUT2D eigenvalue weighted by Gasteiger charge is -2.19. The third-order valence-electron chi connectivity index (χ3n) is 2.61. The van der Waals surface area contributed by atoms with E-state index in [4.69, 9.17) is 10.5 Å². The molecule has 0 aromatic carbocycles. The number of ether oxygens (including phenoxy) is 1. The van der Waals surface area contributed by atoms with Crippen molar-refractivity contribution in [3.05, 3.63) is 22.3 Å². The maximum atomic E-state index is 11.4. The van der Waals surface area contributed by atoms with Crippen molar-refractivity contribution >= 4 is 17.7 Å². The first-order valence-electron chi connectivity index (χ1n) is 5.59. The first kappa shape index (κ1) is 13.2. The lowest BCUT2D eigenvalue weighted by Crippen LogP contribution is -2.09. The van der Waals surface area contributed by atoms with Crippen LogP contribution in [0, 0.1) is 0 Å². The third-order valence-corrected chi connectivity index (χ3v) is 3.29. The van der Waals surface area contributed by atoms with Crippen LogP contribution in [0.15, 0.2) is 22.3 Å². The van der Waals surface area contributed by atoms with Gasteiger partial charge in [-0.05, 0) is 50.0 Å². The Morgan fingerprint density at radius 3 is 2.81 bits per heavy atom. The molecule has 0 bridgehead atoms. The Morgan fingerprint density at radius 2 is 2.19 bits per heavy atom. The molecular formula is C12H19NO2S. The van der Waals surface area contributed by atoms with Gasteiger partial charge in [-0.2, -0.15) is 0 Å². The normalized spacial score (nSPS) is 22.0. The first-order valence-corrected chi connectivity index (χ1v) is 6.81. The Bertz CT molecular complexity index is 321. The van der Waals surface area contributed by atoms with Crippen LogP contribution in [0.1, 0.15) is 32.6 Å². The van der Waals surface area contributed by atoms with Crippen LogP contribution in [-0.2, 0) is 9.53 Å². The van der Waals surface area contributed by atoms with E-state index in [1.54, 1.807) is 6.08 Å². The molecule has 0 spiro atoms. The quantitative estimate of drug-likeness (QED) is 0.609. The van der Waals surface area contributed by atoms with Gasteiger partial charge in [0.15, 0.2) is 0 Å². The van der Waals surface area contributed by atoms with E-state index in [1.165, 1.54) is 11.8 Å². The van der Waals surface area contributed by atoms with Crippen molar-refractivity contribution in [2.75, 3.05) is 12.9 Å². The van der Waals surface area contributed by atoms with Gasteiger partial charge < -0.3 is 10.5 Å². The Hall–Kier alpha value is -0.900. The summed E-state index contributed by atoms with van der Waals surface area (Å²) in [7, 11) is 0. The fraction of sp³-hybridized carbons (Fsp3) is 0.583. The van der Waals surface area contributed by atoms with E-state index in [2.05, 4.69) is 0 Å². The number of esters is 1. The molecule has 3 nitrogen and oxygen atoms in total. The van der Waals surface area contributed by atoms with Gasteiger partial charge >= 0.3 is 5.97 Å². The van der Waals surface area contributed by atoms with Crippen molar-refractivity contribution in [3.8, 4) is 0 Å². The Balaban J connectivity index is 2.86. The summed E-state index contributed by atoms with van der Waals surface area (Å²) in [5, 5.41) is 0.829. The number of allylic oxidation sites excluding steroid dienone is 2. The van der Waals surface area contributed by atoms with Crippen LogP contribution in [-0.4, -0.2) is 18.8 Å². The number of nitrogens with two attached hydrogens (primary N) is 1. The molecule has 16 heavy (non-hydrogen) atoms. The molecule has 0 atom stereocenters. The minimum Gasteiger partial charge on any atom is -0.463 e. The number of hydrogen-bond donors (Lipinski definition) is 1. The molecule has 1 fully saturated rings. The third kappa shape index (κ3) is 3.59. The van der Waals surface area contributed by atoms with Gasteiger partial charge in [-0.3, -0.25) is 0 Å². The van der Waals surface area contributed by atoms with Crippen LogP contribution in [0.3, 0.4) is 0 Å². The SMILES string of the molecule is CCOC(=O)/C=C1\CCCC\C1=C(/N)SC. The smallest absolute Gasteiger partial charge is 0.331 e. The summed E-state index contributed by atoms with van der Waals surface area (Å²) in [5.74, 6) is -0.259. The second-order valence-electron chi connectivity index (χ2n) is 3.68. The first-order chi connectivity index (χ1) is 7.69. The predicted octanol–water partition coefficient (Wildman–Crippen LogP) is 2.58. The molecule has 4 heteroatoms. The summed E-state index contributed by atoms with van der Waals surface area (Å²) in [5.41, 5.74) is 8.12. The molecule has 1 aliphatic carbocycles. The molecule has 0 saturated heterocycles. The van der Waals surface area contributed by atoms with Gasteiger partial charge in [0.25, 0.3) is 0 Å². The maximum absolute atomic E-state index is 11.4. The van der Waals surface area contributed by atoms with E-state index in [-0.39, 0.29) is 5.97 Å². The predicted molar refractivity (Wildman–Crippen MR) is 67.9 cm³/mol. The molecule has 0 aromatic rings. The van der Waals surface area contributed by atoms with Crippen LogP contribution in [0.25, 0.3) is 0 Å². The standard InChI is InChI=1S/C12H19NO2S/c1-3-15-11(14)8-9-6-4-5-7-10(9)12(13)16-2/h8H,3-7,13H2,1-2H3/b9-8+,12-10-. The monoisotopic (exact) mass is 241 g/mol. The van der Waals surface area contributed by atoms with E-state index in [1.807, 2.05) is 13.2 Å². The zero-order valence-corrected chi connectivity index (χ0v) is 10.7. The minimum atomic E-state index is -0.259. The van der Waals surface area contributed by atoms with E-state index < -0.39 is 0 Å². The Kier molecular flexibility index (Phi) is 5.46. The summed E-state index contributed by atoms with van der Waals surface area (Å²) in [6.45, 7) is 2.23. The van der Waals surface area contributed by atoms with Gasteiger partial charge in [0, 0.05) is 6.08 Å². The second-order valence-corrected chi connectivity index (χ2v) is 4.52. The largest absolute Gasteiger partial charge is 0.463 e. The fourth-order valence-electron chi connectivity index (χ4n) is 1.82. The second kappa shape index (κ2) is 6.63.